The molecule has 0 saturated carbocycles. The average molecular weight is 404 g/mol. The Morgan fingerprint density at radius 2 is 1.81 bits per heavy atom. The van der Waals surface area contributed by atoms with E-state index in [9.17, 15) is 4.79 Å². The predicted molar refractivity (Wildman–Crippen MR) is 114 cm³/mol. The van der Waals surface area contributed by atoms with Crippen molar-refractivity contribution in [2.24, 2.45) is 0 Å². The number of hydrogen-bond acceptors (Lipinski definition) is 3. The van der Waals surface area contributed by atoms with Crippen molar-refractivity contribution in [3.63, 3.8) is 0 Å². The predicted octanol–water partition coefficient (Wildman–Crippen LogP) is 3.49. The number of amides is 1. The normalized spacial score (nSPS) is 10.4. The third-order valence-electron chi connectivity index (χ3n) is 3.53. The number of thiocarbonyl (C=S) groups is 1. The van der Waals surface area contributed by atoms with Gasteiger partial charge in [0.2, 0.25) is 0 Å². The molecule has 0 aliphatic carbocycles. The minimum absolute atomic E-state index is 0.300. The molecule has 0 atom stereocenters. The van der Waals surface area contributed by atoms with E-state index in [0.717, 1.165) is 23.3 Å². The molecule has 0 saturated heterocycles. The summed E-state index contributed by atoms with van der Waals surface area (Å²) >= 11 is 11.0. The van der Waals surface area contributed by atoms with Crippen LogP contribution in [0.2, 0.25) is 5.02 Å². The van der Waals surface area contributed by atoms with Crippen molar-refractivity contribution in [3.8, 4) is 5.75 Å². The molecule has 0 spiro atoms. The van der Waals surface area contributed by atoms with Crippen molar-refractivity contribution in [3.05, 3.63) is 70.8 Å². The topological polar surface area (TPSA) is 62.4 Å². The Morgan fingerprint density at radius 1 is 1.11 bits per heavy atom. The zero-order chi connectivity index (χ0) is 19.5. The summed E-state index contributed by atoms with van der Waals surface area (Å²) in [6, 6.07) is 15.1. The van der Waals surface area contributed by atoms with E-state index in [0.29, 0.717) is 23.3 Å². The fourth-order valence-electron chi connectivity index (χ4n) is 2.19. The van der Waals surface area contributed by atoms with Gasteiger partial charge in [0.15, 0.2) is 5.11 Å². The lowest BCUT2D eigenvalue weighted by atomic mass is 10.1. The van der Waals surface area contributed by atoms with Crippen molar-refractivity contribution in [1.82, 2.24) is 16.2 Å². The molecule has 0 aliphatic rings. The van der Waals surface area contributed by atoms with Crippen LogP contribution in [0.5, 0.6) is 5.75 Å². The van der Waals surface area contributed by atoms with Crippen LogP contribution >= 0.6 is 23.8 Å². The van der Waals surface area contributed by atoms with Gasteiger partial charge in [-0.25, -0.2) is 0 Å². The van der Waals surface area contributed by atoms with E-state index in [4.69, 9.17) is 28.6 Å². The molecule has 142 valence electrons. The third kappa shape index (κ3) is 8.11. The average Bonchev–Trinajstić information content (AvgIpc) is 2.67. The van der Waals surface area contributed by atoms with Crippen LogP contribution < -0.4 is 20.9 Å². The molecule has 3 N–H and O–H groups in total. The van der Waals surface area contributed by atoms with E-state index in [2.05, 4.69) is 16.2 Å². The number of halogens is 1. The lowest BCUT2D eigenvalue weighted by Gasteiger charge is -2.10. The van der Waals surface area contributed by atoms with Crippen LogP contribution in [0.25, 0.3) is 6.08 Å². The molecular weight excluding hydrogens is 382 g/mol. The van der Waals surface area contributed by atoms with Gasteiger partial charge in [0.1, 0.15) is 5.75 Å². The van der Waals surface area contributed by atoms with Crippen LogP contribution in [0.1, 0.15) is 18.1 Å². The largest absolute Gasteiger partial charge is 0.494 e. The molecule has 7 heteroatoms. The molecule has 0 radical (unpaired) electrons. The molecule has 1 amide bonds. The zero-order valence-electron chi connectivity index (χ0n) is 15.0. The van der Waals surface area contributed by atoms with Crippen molar-refractivity contribution in [1.29, 1.82) is 0 Å². The number of benzene rings is 2. The van der Waals surface area contributed by atoms with Crippen LogP contribution in [-0.4, -0.2) is 24.2 Å². The van der Waals surface area contributed by atoms with E-state index in [1.807, 2.05) is 55.5 Å². The Kier molecular flexibility index (Phi) is 8.61. The van der Waals surface area contributed by atoms with E-state index in [1.54, 1.807) is 6.08 Å². The first-order valence-electron chi connectivity index (χ1n) is 8.56. The summed E-state index contributed by atoms with van der Waals surface area (Å²) in [5.41, 5.74) is 7.24. The molecule has 2 aromatic carbocycles. The second kappa shape index (κ2) is 11.2. The number of nitrogens with one attached hydrogen (secondary N) is 3. The van der Waals surface area contributed by atoms with Gasteiger partial charge in [-0.2, -0.15) is 0 Å². The SMILES string of the molecule is CCOc1ccc(/C=C/C(=O)NNC(=S)NCCc2ccc(Cl)cc2)cc1. The van der Waals surface area contributed by atoms with E-state index >= 15 is 0 Å². The Bertz CT molecular complexity index is 777. The summed E-state index contributed by atoms with van der Waals surface area (Å²) < 4.78 is 5.38. The summed E-state index contributed by atoms with van der Waals surface area (Å²) in [5, 5.41) is 4.09. The number of carbonyl (C=O) groups excluding carboxylic acids is 1. The molecule has 0 fully saturated rings. The van der Waals surface area contributed by atoms with E-state index in [1.165, 1.54) is 6.08 Å². The first-order valence-corrected chi connectivity index (χ1v) is 9.34. The molecule has 5 nitrogen and oxygen atoms in total. The van der Waals surface area contributed by atoms with Crippen molar-refractivity contribution < 1.29 is 9.53 Å². The minimum atomic E-state index is -0.300. The lowest BCUT2D eigenvalue weighted by Crippen LogP contribution is -2.46. The molecule has 2 rings (SSSR count). The van der Waals surface area contributed by atoms with Gasteiger partial charge >= 0.3 is 0 Å². The summed E-state index contributed by atoms with van der Waals surface area (Å²) in [6.07, 6.45) is 3.94. The highest BCUT2D eigenvalue weighted by Gasteiger charge is 1.99. The standard InChI is InChI=1S/C20H22ClN3O2S/c1-2-26-18-10-5-15(6-11-18)7-12-19(25)23-24-20(27)22-14-13-16-3-8-17(21)9-4-16/h3-12H,2,13-14H2,1H3,(H,23,25)(H2,22,24,27)/b12-7+. The fourth-order valence-corrected chi connectivity index (χ4v) is 2.47. The lowest BCUT2D eigenvalue weighted by molar-refractivity contribution is -0.116. The molecule has 0 aromatic heterocycles. The van der Waals surface area contributed by atoms with Gasteiger partial charge in [-0.15, -0.1) is 0 Å². The molecular formula is C20H22ClN3O2S. The number of hydrogen-bond donors (Lipinski definition) is 3. The highest BCUT2D eigenvalue weighted by atomic mass is 35.5. The molecule has 0 unspecified atom stereocenters. The van der Waals surface area contributed by atoms with Crippen LogP contribution in [-0.2, 0) is 11.2 Å². The van der Waals surface area contributed by atoms with E-state index in [-0.39, 0.29) is 5.91 Å². The van der Waals surface area contributed by atoms with E-state index < -0.39 is 0 Å². The summed E-state index contributed by atoms with van der Waals surface area (Å²) in [4.78, 5) is 11.8. The Morgan fingerprint density at radius 3 is 2.48 bits per heavy atom. The number of rotatable bonds is 7. The van der Waals surface area contributed by atoms with Gasteiger partial charge in [0, 0.05) is 17.6 Å². The fraction of sp³-hybridized carbons (Fsp3) is 0.200. The second-order valence-corrected chi connectivity index (χ2v) is 6.43. The van der Waals surface area contributed by atoms with Gasteiger partial charge in [-0.05, 0) is 67.0 Å². The number of hydrazine groups is 1. The highest BCUT2D eigenvalue weighted by molar-refractivity contribution is 7.80. The third-order valence-corrected chi connectivity index (χ3v) is 4.03. The first kappa shape index (κ1) is 20.7. The van der Waals surface area contributed by atoms with Crippen LogP contribution in [0.3, 0.4) is 0 Å². The van der Waals surface area contributed by atoms with Crippen LogP contribution in [0.15, 0.2) is 54.6 Å². The number of ether oxygens (including phenoxy) is 1. The first-order chi connectivity index (χ1) is 13.1. The Hall–Kier alpha value is -2.57. The molecule has 2 aromatic rings. The smallest absolute Gasteiger partial charge is 0.262 e. The maximum atomic E-state index is 11.8. The minimum Gasteiger partial charge on any atom is -0.494 e. The second-order valence-electron chi connectivity index (χ2n) is 5.58. The monoisotopic (exact) mass is 403 g/mol. The van der Waals surface area contributed by atoms with Gasteiger partial charge in [-0.1, -0.05) is 35.9 Å². The highest BCUT2D eigenvalue weighted by Crippen LogP contribution is 2.13. The molecule has 27 heavy (non-hydrogen) atoms. The quantitative estimate of drug-likeness (QED) is 0.375. The maximum absolute atomic E-state index is 11.8. The van der Waals surface area contributed by atoms with Crippen molar-refractivity contribution >= 4 is 40.9 Å². The number of carbonyl (C=O) groups is 1. The van der Waals surface area contributed by atoms with Gasteiger partial charge in [-0.3, -0.25) is 15.6 Å². The summed E-state index contributed by atoms with van der Waals surface area (Å²) in [7, 11) is 0. The van der Waals surface area contributed by atoms with Gasteiger partial charge in [0.05, 0.1) is 6.61 Å². The Labute approximate surface area is 169 Å². The zero-order valence-corrected chi connectivity index (χ0v) is 16.6. The Balaban J connectivity index is 1.66. The van der Waals surface area contributed by atoms with Gasteiger partial charge in [0.25, 0.3) is 5.91 Å². The maximum Gasteiger partial charge on any atom is 0.262 e. The van der Waals surface area contributed by atoms with Crippen LogP contribution in [0, 0.1) is 0 Å². The summed E-state index contributed by atoms with van der Waals surface area (Å²) in [6.45, 7) is 3.20. The van der Waals surface area contributed by atoms with Crippen molar-refractivity contribution in [2.45, 2.75) is 13.3 Å². The summed E-state index contributed by atoms with van der Waals surface area (Å²) in [5.74, 6) is 0.501. The van der Waals surface area contributed by atoms with Gasteiger partial charge < -0.3 is 10.1 Å². The molecule has 0 aliphatic heterocycles. The van der Waals surface area contributed by atoms with Crippen LogP contribution in [0.4, 0.5) is 0 Å². The van der Waals surface area contributed by atoms with Crippen molar-refractivity contribution in [2.75, 3.05) is 13.2 Å². The molecule has 0 heterocycles. The molecule has 0 bridgehead atoms.